The van der Waals surface area contributed by atoms with E-state index < -0.39 is 0 Å². The first-order valence-corrected chi connectivity index (χ1v) is 13.1. The molecule has 0 fully saturated rings. The van der Waals surface area contributed by atoms with E-state index in [1.165, 1.54) is 38.8 Å². The molecule has 0 N–H and O–H groups in total. The maximum absolute atomic E-state index is 4.70. The summed E-state index contributed by atoms with van der Waals surface area (Å²) in [7, 11) is 0. The zero-order valence-corrected chi connectivity index (χ0v) is 22.0. The average molecular weight is 491 g/mol. The quantitative estimate of drug-likeness (QED) is 0.246. The molecule has 0 aliphatic rings. The van der Waals surface area contributed by atoms with E-state index in [4.69, 9.17) is 4.98 Å². The van der Waals surface area contributed by atoms with Crippen molar-refractivity contribution in [3.63, 3.8) is 0 Å². The largest absolute Gasteiger partial charge is 0.264 e. The monoisotopic (exact) mass is 490 g/mol. The molecule has 0 unspecified atom stereocenters. The molecule has 2 aromatic heterocycles. The van der Waals surface area contributed by atoms with Crippen molar-refractivity contribution in [2.75, 3.05) is 0 Å². The van der Waals surface area contributed by atoms with Gasteiger partial charge in [-0.25, -0.2) is 0 Å². The number of hydrogen-bond donors (Lipinski definition) is 0. The van der Waals surface area contributed by atoms with Crippen molar-refractivity contribution < 1.29 is 0 Å². The molecule has 2 nitrogen and oxygen atoms in total. The van der Waals surface area contributed by atoms with Gasteiger partial charge in [-0.05, 0) is 74.0 Å². The van der Waals surface area contributed by atoms with Crippen LogP contribution in [0.1, 0.15) is 26.3 Å². The summed E-state index contributed by atoms with van der Waals surface area (Å²) in [5, 5.41) is 2.33. The molecule has 4 aromatic carbocycles. The lowest BCUT2D eigenvalue weighted by atomic mass is 9.86. The molecule has 0 atom stereocenters. The Hall–Kier alpha value is -4.56. The van der Waals surface area contributed by atoms with E-state index in [0.717, 1.165) is 22.2 Å². The summed E-state index contributed by atoms with van der Waals surface area (Å²) in [5.74, 6) is 0. The van der Waals surface area contributed by atoms with Crippen LogP contribution >= 0.6 is 0 Å². The lowest BCUT2D eigenvalue weighted by molar-refractivity contribution is 0.589. The van der Waals surface area contributed by atoms with E-state index >= 15 is 0 Å². The van der Waals surface area contributed by atoms with Gasteiger partial charge in [-0.2, -0.15) is 0 Å². The number of aromatic nitrogens is 2. The zero-order valence-electron chi connectivity index (χ0n) is 22.0. The molecule has 38 heavy (non-hydrogen) atoms. The highest BCUT2D eigenvalue weighted by molar-refractivity contribution is 6.06. The van der Waals surface area contributed by atoms with Crippen molar-refractivity contribution in [2.45, 2.75) is 26.2 Å². The summed E-state index contributed by atoms with van der Waals surface area (Å²) < 4.78 is 0. The fourth-order valence-corrected chi connectivity index (χ4v) is 5.17. The Labute approximate surface area is 224 Å². The highest BCUT2D eigenvalue weighted by atomic mass is 14.7. The third-order valence-corrected chi connectivity index (χ3v) is 7.22. The van der Waals surface area contributed by atoms with Gasteiger partial charge in [0.25, 0.3) is 0 Å². The average Bonchev–Trinajstić information content (AvgIpc) is 2.97. The Morgan fingerprint density at radius 2 is 1.21 bits per heavy atom. The fourth-order valence-electron chi connectivity index (χ4n) is 5.17. The van der Waals surface area contributed by atoms with Gasteiger partial charge in [-0.15, -0.1) is 0 Å². The first-order chi connectivity index (χ1) is 18.5. The zero-order chi connectivity index (χ0) is 26.1. The van der Waals surface area contributed by atoms with Gasteiger partial charge in [0.05, 0.1) is 5.69 Å². The predicted octanol–water partition coefficient (Wildman–Crippen LogP) is 9.60. The molecule has 0 bridgehead atoms. The number of pyridine rings is 2. The van der Waals surface area contributed by atoms with Gasteiger partial charge in [-0.3, -0.25) is 9.97 Å². The standard InChI is InChI=1S/C36H30N2/c1-36(2,3)28-18-21-38-35(23-28)27-13-9-12-26(22-27)30-16-17-32(33-19-20-37-24-34(30)33)31-15-8-7-14-29(31)25-10-5-4-6-11-25/h4-24H,1-3H3. The number of fused-ring (bicyclic) bond motifs is 1. The molecular formula is C36H30N2. The molecule has 0 amide bonds. The Balaban J connectivity index is 1.49. The van der Waals surface area contributed by atoms with Crippen molar-refractivity contribution in [2.24, 2.45) is 0 Å². The summed E-state index contributed by atoms with van der Waals surface area (Å²) in [6.07, 6.45) is 5.80. The second-order valence-electron chi connectivity index (χ2n) is 10.8. The lowest BCUT2D eigenvalue weighted by Crippen LogP contribution is -2.11. The van der Waals surface area contributed by atoms with Crippen LogP contribution in [0.25, 0.3) is 55.4 Å². The summed E-state index contributed by atoms with van der Waals surface area (Å²) in [4.78, 5) is 9.22. The second kappa shape index (κ2) is 9.72. The van der Waals surface area contributed by atoms with E-state index in [9.17, 15) is 0 Å². The minimum Gasteiger partial charge on any atom is -0.264 e. The molecule has 0 aliphatic heterocycles. The first kappa shape index (κ1) is 23.8. The molecule has 0 saturated carbocycles. The van der Waals surface area contributed by atoms with Crippen LogP contribution < -0.4 is 0 Å². The molecular weight excluding hydrogens is 460 g/mol. The maximum Gasteiger partial charge on any atom is 0.0705 e. The molecule has 184 valence electrons. The second-order valence-corrected chi connectivity index (χ2v) is 10.8. The van der Waals surface area contributed by atoms with E-state index in [-0.39, 0.29) is 5.41 Å². The van der Waals surface area contributed by atoms with Crippen LogP contribution in [0.5, 0.6) is 0 Å². The van der Waals surface area contributed by atoms with Crippen LogP contribution in [0.15, 0.2) is 128 Å². The third-order valence-electron chi connectivity index (χ3n) is 7.22. The first-order valence-electron chi connectivity index (χ1n) is 13.1. The fraction of sp³-hybridized carbons (Fsp3) is 0.111. The van der Waals surface area contributed by atoms with Gasteiger partial charge >= 0.3 is 0 Å². The molecule has 0 radical (unpaired) electrons. The van der Waals surface area contributed by atoms with E-state index in [1.807, 2.05) is 18.6 Å². The Morgan fingerprint density at radius 1 is 0.500 bits per heavy atom. The number of rotatable bonds is 4. The van der Waals surface area contributed by atoms with Gasteiger partial charge in [0.1, 0.15) is 0 Å². The molecule has 2 heteroatoms. The van der Waals surface area contributed by atoms with Gasteiger partial charge in [-0.1, -0.05) is 106 Å². The highest BCUT2D eigenvalue weighted by Crippen LogP contribution is 2.40. The molecule has 0 aliphatic carbocycles. The topological polar surface area (TPSA) is 25.8 Å². The maximum atomic E-state index is 4.70. The van der Waals surface area contributed by atoms with Crippen molar-refractivity contribution in [3.05, 3.63) is 133 Å². The lowest BCUT2D eigenvalue weighted by Gasteiger charge is -2.19. The molecule has 0 spiro atoms. The minimum absolute atomic E-state index is 0.0725. The van der Waals surface area contributed by atoms with E-state index in [2.05, 4.69) is 135 Å². The normalized spacial score (nSPS) is 11.6. The molecule has 6 rings (SSSR count). The Kier molecular flexibility index (Phi) is 6.09. The van der Waals surface area contributed by atoms with Crippen molar-refractivity contribution in [1.29, 1.82) is 0 Å². The van der Waals surface area contributed by atoms with E-state index in [0.29, 0.717) is 0 Å². The summed E-state index contributed by atoms with van der Waals surface area (Å²) in [6, 6.07) is 38.9. The van der Waals surface area contributed by atoms with Crippen LogP contribution in [0.2, 0.25) is 0 Å². The van der Waals surface area contributed by atoms with Gasteiger partial charge in [0.2, 0.25) is 0 Å². The number of nitrogens with zero attached hydrogens (tertiary/aromatic N) is 2. The summed E-state index contributed by atoms with van der Waals surface area (Å²) in [5.41, 5.74) is 10.7. The molecule has 0 saturated heterocycles. The van der Waals surface area contributed by atoms with Crippen LogP contribution in [0, 0.1) is 0 Å². The van der Waals surface area contributed by atoms with E-state index in [1.54, 1.807) is 0 Å². The third kappa shape index (κ3) is 4.50. The van der Waals surface area contributed by atoms with Crippen LogP contribution in [0.4, 0.5) is 0 Å². The van der Waals surface area contributed by atoms with Gasteiger partial charge < -0.3 is 0 Å². The molecule has 6 aromatic rings. The summed E-state index contributed by atoms with van der Waals surface area (Å²) >= 11 is 0. The highest BCUT2D eigenvalue weighted by Gasteiger charge is 2.16. The van der Waals surface area contributed by atoms with Crippen LogP contribution in [-0.2, 0) is 5.41 Å². The van der Waals surface area contributed by atoms with Crippen LogP contribution in [-0.4, -0.2) is 9.97 Å². The minimum atomic E-state index is 0.0725. The SMILES string of the molecule is CC(C)(C)c1ccnc(-c2cccc(-c3ccc(-c4ccccc4-c4ccccc4)c4ccncc34)c2)c1. The predicted molar refractivity (Wildman–Crippen MR) is 160 cm³/mol. The van der Waals surface area contributed by atoms with Crippen molar-refractivity contribution in [1.82, 2.24) is 9.97 Å². The van der Waals surface area contributed by atoms with Crippen molar-refractivity contribution >= 4 is 10.8 Å². The van der Waals surface area contributed by atoms with Crippen molar-refractivity contribution in [3.8, 4) is 44.6 Å². The number of hydrogen-bond acceptors (Lipinski definition) is 2. The smallest absolute Gasteiger partial charge is 0.0705 e. The van der Waals surface area contributed by atoms with Gasteiger partial charge in [0, 0.05) is 29.5 Å². The Bertz CT molecular complexity index is 1740. The Morgan fingerprint density at radius 3 is 2.03 bits per heavy atom. The van der Waals surface area contributed by atoms with Gasteiger partial charge in [0.15, 0.2) is 0 Å². The van der Waals surface area contributed by atoms with Crippen LogP contribution in [0.3, 0.4) is 0 Å². The number of benzene rings is 4. The molecule has 2 heterocycles. The summed E-state index contributed by atoms with van der Waals surface area (Å²) in [6.45, 7) is 6.71.